The SMILES string of the molecule is Cc1cc(Cl)ccc1-n1ncc2c1C(C)(C)C(C)OC2=O. The standard InChI is InChI=1S/C16H17ClN2O2/c1-9-7-11(17)5-6-13(9)19-14-12(8-18-19)15(20)21-10(2)16(14,3)4/h5-8,10H,1-4H3. The quantitative estimate of drug-likeness (QED) is 0.755. The van der Waals surface area contributed by atoms with E-state index >= 15 is 0 Å². The second kappa shape index (κ2) is 4.60. The number of aryl methyl sites for hydroxylation is 1. The van der Waals surface area contributed by atoms with Gasteiger partial charge in [-0.05, 0) is 37.6 Å². The molecule has 0 fully saturated rings. The minimum Gasteiger partial charge on any atom is -0.458 e. The highest BCUT2D eigenvalue weighted by Crippen LogP contribution is 2.38. The maximum absolute atomic E-state index is 12.1. The second-order valence-corrected chi connectivity index (χ2v) is 6.46. The molecular weight excluding hydrogens is 288 g/mol. The zero-order valence-corrected chi connectivity index (χ0v) is 13.2. The predicted octanol–water partition coefficient (Wildman–Crippen LogP) is 3.67. The van der Waals surface area contributed by atoms with Crippen molar-refractivity contribution in [2.24, 2.45) is 0 Å². The summed E-state index contributed by atoms with van der Waals surface area (Å²) in [6.45, 7) is 8.01. The smallest absolute Gasteiger partial charge is 0.341 e. The fourth-order valence-corrected chi connectivity index (χ4v) is 2.95. The molecule has 3 rings (SSSR count). The Bertz CT molecular complexity index is 734. The van der Waals surface area contributed by atoms with E-state index < -0.39 is 0 Å². The molecule has 0 saturated heterocycles. The number of fused-ring (bicyclic) bond motifs is 1. The summed E-state index contributed by atoms with van der Waals surface area (Å²) < 4.78 is 7.24. The first-order valence-electron chi connectivity index (χ1n) is 6.88. The molecule has 0 radical (unpaired) electrons. The van der Waals surface area contributed by atoms with Crippen LogP contribution in [0.5, 0.6) is 0 Å². The van der Waals surface area contributed by atoms with Crippen LogP contribution in [0.3, 0.4) is 0 Å². The molecule has 2 heterocycles. The molecule has 1 aromatic carbocycles. The molecule has 0 saturated carbocycles. The van der Waals surface area contributed by atoms with Gasteiger partial charge in [-0.15, -0.1) is 0 Å². The number of hydrogen-bond acceptors (Lipinski definition) is 3. The number of carbonyl (C=O) groups excluding carboxylic acids is 1. The first-order chi connectivity index (χ1) is 9.82. The van der Waals surface area contributed by atoms with E-state index in [1.165, 1.54) is 0 Å². The third-order valence-corrected chi connectivity index (χ3v) is 4.52. The van der Waals surface area contributed by atoms with Crippen molar-refractivity contribution in [3.05, 3.63) is 46.2 Å². The van der Waals surface area contributed by atoms with E-state index in [0.717, 1.165) is 16.9 Å². The fourth-order valence-electron chi connectivity index (χ4n) is 2.72. The number of esters is 1. The highest BCUT2D eigenvalue weighted by molar-refractivity contribution is 6.30. The van der Waals surface area contributed by atoms with Crippen molar-refractivity contribution in [3.8, 4) is 5.69 Å². The number of hydrogen-bond donors (Lipinski definition) is 0. The van der Waals surface area contributed by atoms with Crippen molar-refractivity contribution in [3.63, 3.8) is 0 Å². The van der Waals surface area contributed by atoms with Crippen molar-refractivity contribution < 1.29 is 9.53 Å². The lowest BCUT2D eigenvalue weighted by Gasteiger charge is -2.36. The molecule has 4 nitrogen and oxygen atoms in total. The third-order valence-electron chi connectivity index (χ3n) is 4.29. The first kappa shape index (κ1) is 14.1. The summed E-state index contributed by atoms with van der Waals surface area (Å²) in [5, 5.41) is 5.10. The Morgan fingerprint density at radius 3 is 2.76 bits per heavy atom. The minimum absolute atomic E-state index is 0.208. The summed E-state index contributed by atoms with van der Waals surface area (Å²) in [6.07, 6.45) is 1.37. The lowest BCUT2D eigenvalue weighted by Crippen LogP contribution is -2.42. The summed E-state index contributed by atoms with van der Waals surface area (Å²) in [5.74, 6) is -0.310. The van der Waals surface area contributed by atoms with E-state index in [1.807, 2.05) is 36.7 Å². The molecule has 1 aliphatic rings. The average Bonchev–Trinajstić information content (AvgIpc) is 2.82. The van der Waals surface area contributed by atoms with Gasteiger partial charge in [-0.25, -0.2) is 9.48 Å². The van der Waals surface area contributed by atoms with Crippen LogP contribution in [-0.4, -0.2) is 21.9 Å². The molecule has 5 heteroatoms. The number of carbonyl (C=O) groups is 1. The van der Waals surface area contributed by atoms with E-state index in [0.29, 0.717) is 10.6 Å². The van der Waals surface area contributed by atoms with Gasteiger partial charge in [0.25, 0.3) is 0 Å². The van der Waals surface area contributed by atoms with Crippen LogP contribution in [0.25, 0.3) is 5.69 Å². The van der Waals surface area contributed by atoms with E-state index in [4.69, 9.17) is 16.3 Å². The van der Waals surface area contributed by atoms with E-state index in [1.54, 1.807) is 6.20 Å². The van der Waals surface area contributed by atoms with Gasteiger partial charge < -0.3 is 4.74 Å². The molecule has 1 aromatic heterocycles. The maximum atomic E-state index is 12.1. The number of benzene rings is 1. The van der Waals surface area contributed by atoms with Crippen molar-refractivity contribution in [1.29, 1.82) is 0 Å². The number of aromatic nitrogens is 2. The van der Waals surface area contributed by atoms with Crippen LogP contribution in [0, 0.1) is 6.92 Å². The molecule has 0 bridgehead atoms. The molecule has 1 atom stereocenters. The van der Waals surface area contributed by atoms with E-state index in [-0.39, 0.29) is 17.5 Å². The number of cyclic esters (lactones) is 1. The highest BCUT2D eigenvalue weighted by Gasteiger charge is 2.43. The predicted molar refractivity (Wildman–Crippen MR) is 81.2 cm³/mol. The molecule has 110 valence electrons. The van der Waals surface area contributed by atoms with Crippen LogP contribution in [-0.2, 0) is 10.2 Å². The maximum Gasteiger partial charge on any atom is 0.341 e. The van der Waals surface area contributed by atoms with Crippen LogP contribution in [0.4, 0.5) is 0 Å². The normalized spacial score (nSPS) is 20.0. The number of nitrogens with zero attached hydrogens (tertiary/aromatic N) is 2. The first-order valence-corrected chi connectivity index (χ1v) is 7.26. The third kappa shape index (κ3) is 2.05. The molecule has 0 spiro atoms. The van der Waals surface area contributed by atoms with Gasteiger partial charge in [0.15, 0.2) is 0 Å². The Morgan fingerprint density at radius 2 is 2.10 bits per heavy atom. The average molecular weight is 305 g/mol. The summed E-state index contributed by atoms with van der Waals surface area (Å²) >= 11 is 6.02. The Labute approximate surface area is 128 Å². The van der Waals surface area contributed by atoms with Crippen LogP contribution in [0.1, 0.15) is 42.4 Å². The molecule has 0 N–H and O–H groups in total. The Balaban J connectivity index is 2.26. The van der Waals surface area contributed by atoms with Crippen molar-refractivity contribution in [2.45, 2.75) is 39.2 Å². The summed E-state index contributed by atoms with van der Waals surface area (Å²) in [4.78, 5) is 12.1. The summed E-state index contributed by atoms with van der Waals surface area (Å²) in [7, 11) is 0. The van der Waals surface area contributed by atoms with Gasteiger partial charge >= 0.3 is 5.97 Å². The van der Waals surface area contributed by atoms with Gasteiger partial charge in [-0.2, -0.15) is 5.10 Å². The summed E-state index contributed by atoms with van der Waals surface area (Å²) in [6, 6.07) is 5.64. The van der Waals surface area contributed by atoms with Crippen LogP contribution in [0.15, 0.2) is 24.4 Å². The number of rotatable bonds is 1. The largest absolute Gasteiger partial charge is 0.458 e. The van der Waals surface area contributed by atoms with Gasteiger partial charge in [0.2, 0.25) is 0 Å². The van der Waals surface area contributed by atoms with Crippen molar-refractivity contribution >= 4 is 17.6 Å². The minimum atomic E-state index is -0.314. The van der Waals surface area contributed by atoms with Crippen LogP contribution < -0.4 is 0 Å². The lowest BCUT2D eigenvalue weighted by atomic mass is 9.80. The van der Waals surface area contributed by atoms with E-state index in [2.05, 4.69) is 18.9 Å². The molecule has 0 aliphatic carbocycles. The van der Waals surface area contributed by atoms with Crippen molar-refractivity contribution in [2.75, 3.05) is 0 Å². The molecule has 2 aromatic rings. The molecular formula is C16H17ClN2O2. The summed E-state index contributed by atoms with van der Waals surface area (Å²) in [5.41, 5.74) is 3.04. The number of ether oxygens (including phenoxy) is 1. The van der Waals surface area contributed by atoms with Gasteiger partial charge in [0, 0.05) is 10.4 Å². The van der Waals surface area contributed by atoms with E-state index in [9.17, 15) is 4.79 Å². The van der Waals surface area contributed by atoms with Crippen molar-refractivity contribution in [1.82, 2.24) is 9.78 Å². The van der Waals surface area contributed by atoms with Gasteiger partial charge in [-0.1, -0.05) is 25.4 Å². The van der Waals surface area contributed by atoms with Crippen LogP contribution in [0.2, 0.25) is 5.02 Å². The Kier molecular flexibility index (Phi) is 3.10. The molecule has 0 amide bonds. The number of halogens is 1. The molecule has 1 aliphatic heterocycles. The molecule has 1 unspecified atom stereocenters. The van der Waals surface area contributed by atoms with Crippen LogP contribution >= 0.6 is 11.6 Å². The van der Waals surface area contributed by atoms with Gasteiger partial charge in [-0.3, -0.25) is 0 Å². The Morgan fingerprint density at radius 1 is 1.38 bits per heavy atom. The lowest BCUT2D eigenvalue weighted by molar-refractivity contribution is 0.00851. The molecule has 21 heavy (non-hydrogen) atoms. The highest BCUT2D eigenvalue weighted by atomic mass is 35.5. The van der Waals surface area contributed by atoms with Gasteiger partial charge in [0.05, 0.1) is 17.6 Å². The Hall–Kier alpha value is -1.81. The zero-order chi connectivity index (χ0) is 15.4. The topological polar surface area (TPSA) is 44.1 Å². The monoisotopic (exact) mass is 304 g/mol. The zero-order valence-electron chi connectivity index (χ0n) is 12.5. The fraction of sp³-hybridized carbons (Fsp3) is 0.375. The second-order valence-electron chi connectivity index (χ2n) is 6.02. The van der Waals surface area contributed by atoms with Gasteiger partial charge in [0.1, 0.15) is 11.7 Å².